The Morgan fingerprint density at radius 3 is 2.29 bits per heavy atom. The summed E-state index contributed by atoms with van der Waals surface area (Å²) in [6, 6.07) is 1.16. The van der Waals surface area contributed by atoms with E-state index in [0.717, 1.165) is 0 Å². The first-order valence-corrected chi connectivity index (χ1v) is 3.46. The highest BCUT2D eigenvalue weighted by Gasteiger charge is 2.33. The Labute approximate surface area is 75.6 Å². The summed E-state index contributed by atoms with van der Waals surface area (Å²) in [6.07, 6.45) is 0. The van der Waals surface area contributed by atoms with E-state index in [2.05, 4.69) is 0 Å². The third kappa shape index (κ3) is 2.01. The van der Waals surface area contributed by atoms with Gasteiger partial charge in [-0.05, 0) is 11.5 Å². The lowest BCUT2D eigenvalue weighted by Crippen LogP contribution is -2.35. The second kappa shape index (κ2) is 3.28. The van der Waals surface area contributed by atoms with Crippen molar-refractivity contribution in [2.75, 3.05) is 0 Å². The lowest BCUT2D eigenvalue weighted by Gasteiger charge is -2.14. The van der Waals surface area contributed by atoms with Gasteiger partial charge in [0.25, 0.3) is 0 Å². The third-order valence-electron chi connectivity index (χ3n) is 1.54. The summed E-state index contributed by atoms with van der Waals surface area (Å²) in [5.74, 6) is -1.07. The van der Waals surface area contributed by atoms with E-state index >= 15 is 0 Å². The molecule has 0 spiro atoms. The maximum atomic E-state index is 12.4. The van der Waals surface area contributed by atoms with Crippen molar-refractivity contribution in [2.24, 2.45) is 0 Å². The summed E-state index contributed by atoms with van der Waals surface area (Å²) >= 11 is 0. The van der Waals surface area contributed by atoms with E-state index in [1.54, 1.807) is 0 Å². The van der Waals surface area contributed by atoms with Crippen LogP contribution in [0.3, 0.4) is 0 Å². The van der Waals surface area contributed by atoms with E-state index in [9.17, 15) is 27.5 Å². The Morgan fingerprint density at radius 2 is 1.86 bits per heavy atom. The number of nitro benzene ring substituents is 1. The molecule has 1 aromatic rings. The van der Waals surface area contributed by atoms with E-state index in [1.165, 1.54) is 0 Å². The Bertz CT molecular complexity index is 379. The molecular formula is C6H3BF4NO2-. The van der Waals surface area contributed by atoms with Crippen LogP contribution in [0.5, 0.6) is 0 Å². The molecule has 14 heavy (non-hydrogen) atoms. The van der Waals surface area contributed by atoms with Gasteiger partial charge in [-0.15, -0.1) is 0 Å². The van der Waals surface area contributed by atoms with Crippen LogP contribution < -0.4 is 5.46 Å². The predicted octanol–water partition coefficient (Wildman–Crippen LogP) is 1.79. The van der Waals surface area contributed by atoms with Crippen molar-refractivity contribution < 1.29 is 22.3 Å². The molecule has 76 valence electrons. The molecule has 0 heterocycles. The van der Waals surface area contributed by atoms with Gasteiger partial charge in [0.2, 0.25) is 5.69 Å². The fraction of sp³-hybridized carbons (Fsp3) is 0. The maximum absolute atomic E-state index is 12.4. The van der Waals surface area contributed by atoms with Gasteiger partial charge in [-0.25, -0.2) is 4.39 Å². The second-order valence-corrected chi connectivity index (χ2v) is 2.54. The van der Waals surface area contributed by atoms with Gasteiger partial charge in [-0.2, -0.15) is 0 Å². The van der Waals surface area contributed by atoms with Crippen LogP contribution in [-0.4, -0.2) is 11.9 Å². The molecule has 0 radical (unpaired) electrons. The first-order chi connectivity index (χ1) is 6.32. The van der Waals surface area contributed by atoms with Crippen LogP contribution in [0, 0.1) is 15.9 Å². The van der Waals surface area contributed by atoms with E-state index in [4.69, 9.17) is 0 Å². The molecular weight excluding hydrogens is 205 g/mol. The standard InChI is InChI=1S/C6H3BF4NO2/c8-4-1-2-5(7(9,10)11)6(3-4)12(13)14/h1-3H/q-1. The third-order valence-corrected chi connectivity index (χ3v) is 1.54. The van der Waals surface area contributed by atoms with Crippen LogP contribution in [0.1, 0.15) is 0 Å². The van der Waals surface area contributed by atoms with Crippen LogP contribution in [0.15, 0.2) is 18.2 Å². The molecule has 0 aliphatic rings. The fourth-order valence-corrected chi connectivity index (χ4v) is 0.952. The van der Waals surface area contributed by atoms with Gasteiger partial charge in [0, 0.05) is 6.07 Å². The van der Waals surface area contributed by atoms with E-state index in [0.29, 0.717) is 12.1 Å². The summed E-state index contributed by atoms with van der Waals surface area (Å²) in [5, 5.41) is 10.2. The van der Waals surface area contributed by atoms with Crippen molar-refractivity contribution in [3.05, 3.63) is 34.1 Å². The number of nitrogens with zero attached hydrogens (tertiary/aromatic N) is 1. The average Bonchev–Trinajstić information content (AvgIpc) is 2.01. The number of benzene rings is 1. The van der Waals surface area contributed by atoms with Crippen molar-refractivity contribution in [2.45, 2.75) is 0 Å². The molecule has 0 saturated heterocycles. The zero-order chi connectivity index (χ0) is 10.9. The zero-order valence-electron chi connectivity index (χ0n) is 6.58. The van der Waals surface area contributed by atoms with E-state index in [-0.39, 0.29) is 6.07 Å². The van der Waals surface area contributed by atoms with Crippen LogP contribution in [0.2, 0.25) is 0 Å². The predicted molar refractivity (Wildman–Crippen MR) is 41.8 cm³/mol. The van der Waals surface area contributed by atoms with Gasteiger partial charge in [0.05, 0.1) is 4.92 Å². The lowest BCUT2D eigenvalue weighted by molar-refractivity contribution is -0.383. The molecule has 0 N–H and O–H groups in total. The Balaban J connectivity index is 3.37. The molecule has 0 aromatic heterocycles. The highest BCUT2D eigenvalue weighted by atomic mass is 19.4. The molecule has 0 bridgehead atoms. The van der Waals surface area contributed by atoms with Crippen molar-refractivity contribution in [3.63, 3.8) is 0 Å². The Hall–Kier alpha value is -1.60. The topological polar surface area (TPSA) is 43.1 Å². The van der Waals surface area contributed by atoms with Crippen molar-refractivity contribution >= 4 is 18.1 Å². The van der Waals surface area contributed by atoms with Crippen molar-refractivity contribution in [3.8, 4) is 0 Å². The van der Waals surface area contributed by atoms with Crippen LogP contribution in [0.25, 0.3) is 0 Å². The normalized spacial score (nSPS) is 11.4. The molecule has 8 heteroatoms. The molecule has 1 aromatic carbocycles. The number of hydrogen-bond donors (Lipinski definition) is 0. The average molecular weight is 208 g/mol. The van der Waals surface area contributed by atoms with Crippen molar-refractivity contribution in [1.82, 2.24) is 0 Å². The first-order valence-electron chi connectivity index (χ1n) is 3.46. The summed E-state index contributed by atoms with van der Waals surface area (Å²) < 4.78 is 49.0. The van der Waals surface area contributed by atoms with Gasteiger partial charge >= 0.3 is 6.98 Å². The number of rotatable bonds is 2. The monoisotopic (exact) mass is 208 g/mol. The minimum absolute atomic E-state index is 0.255. The van der Waals surface area contributed by atoms with Crippen LogP contribution >= 0.6 is 0 Å². The molecule has 0 saturated carbocycles. The molecule has 0 aliphatic heterocycles. The number of halogens is 4. The smallest absolute Gasteiger partial charge is 0.445 e. The van der Waals surface area contributed by atoms with E-state index < -0.39 is 28.9 Å². The summed E-state index contributed by atoms with van der Waals surface area (Å²) in [4.78, 5) is 8.91. The van der Waals surface area contributed by atoms with E-state index in [1.807, 2.05) is 0 Å². The summed E-state index contributed by atoms with van der Waals surface area (Å²) in [7, 11) is 0. The van der Waals surface area contributed by atoms with Crippen LogP contribution in [-0.2, 0) is 0 Å². The quantitative estimate of drug-likeness (QED) is 0.321. The first kappa shape index (κ1) is 10.5. The molecule has 0 unspecified atom stereocenters. The maximum Gasteiger partial charge on any atom is 0.516 e. The van der Waals surface area contributed by atoms with Gasteiger partial charge in [-0.3, -0.25) is 10.1 Å². The van der Waals surface area contributed by atoms with Gasteiger partial charge in [0.1, 0.15) is 5.82 Å². The summed E-state index contributed by atoms with van der Waals surface area (Å²) in [6.45, 7) is -5.49. The Morgan fingerprint density at radius 1 is 1.29 bits per heavy atom. The minimum atomic E-state index is -5.49. The second-order valence-electron chi connectivity index (χ2n) is 2.54. The molecule has 3 nitrogen and oxygen atoms in total. The largest absolute Gasteiger partial charge is 0.516 e. The molecule has 0 fully saturated rings. The molecule has 0 amide bonds. The minimum Gasteiger partial charge on any atom is -0.445 e. The van der Waals surface area contributed by atoms with Crippen LogP contribution in [0.4, 0.5) is 23.0 Å². The Kier molecular flexibility index (Phi) is 2.46. The zero-order valence-corrected chi connectivity index (χ0v) is 6.58. The van der Waals surface area contributed by atoms with Crippen molar-refractivity contribution in [1.29, 1.82) is 0 Å². The van der Waals surface area contributed by atoms with Gasteiger partial charge < -0.3 is 12.9 Å². The molecule has 0 atom stereocenters. The highest BCUT2D eigenvalue weighted by Crippen LogP contribution is 2.18. The SMILES string of the molecule is O=[N+]([O-])c1cc(F)ccc1[B-](F)(F)F. The molecule has 0 aliphatic carbocycles. The fourth-order valence-electron chi connectivity index (χ4n) is 0.952. The summed E-state index contributed by atoms with van der Waals surface area (Å²) in [5.41, 5.74) is -2.64. The number of nitro groups is 1. The number of hydrogen-bond acceptors (Lipinski definition) is 2. The van der Waals surface area contributed by atoms with Gasteiger partial charge in [0.15, 0.2) is 0 Å². The lowest BCUT2D eigenvalue weighted by atomic mass is 9.79. The molecule has 1 rings (SSSR count). The highest BCUT2D eigenvalue weighted by molar-refractivity contribution is 6.74. The van der Waals surface area contributed by atoms with Gasteiger partial charge in [-0.1, -0.05) is 6.07 Å².